The first-order chi connectivity index (χ1) is 13.1. The van der Waals surface area contributed by atoms with Gasteiger partial charge in [0.05, 0.1) is 17.5 Å². The fraction of sp³-hybridized carbons (Fsp3) is 0.167. The molecule has 1 aliphatic rings. The molecule has 0 radical (unpaired) electrons. The standard InChI is InChI=1S/C18H13FN6O2/c19-14-8-20-2-1-9(14)10-5-11(10)12-6-15(24-25-4-3-21-16(12)25)13-7-22-18(27)23-17(13)26/h1-4,6-8,10-11H,5H2,(H2,22,23,26,27)/t10-,11+/m1/s1. The van der Waals surface area contributed by atoms with Gasteiger partial charge in [0.15, 0.2) is 5.65 Å². The van der Waals surface area contributed by atoms with Gasteiger partial charge in [-0.25, -0.2) is 18.7 Å². The van der Waals surface area contributed by atoms with Crippen molar-refractivity contribution in [2.45, 2.75) is 18.3 Å². The van der Waals surface area contributed by atoms with Crippen molar-refractivity contribution in [1.82, 2.24) is 29.5 Å². The number of hydrogen-bond donors (Lipinski definition) is 2. The van der Waals surface area contributed by atoms with Crippen LogP contribution in [-0.2, 0) is 0 Å². The van der Waals surface area contributed by atoms with E-state index in [-0.39, 0.29) is 23.2 Å². The first-order valence-electron chi connectivity index (χ1n) is 8.38. The molecule has 0 aromatic carbocycles. The normalized spacial score (nSPS) is 18.7. The van der Waals surface area contributed by atoms with E-state index in [1.165, 1.54) is 12.4 Å². The molecule has 0 saturated heterocycles. The summed E-state index contributed by atoms with van der Waals surface area (Å²) in [6.07, 6.45) is 8.21. The SMILES string of the molecule is O=c1[nH]cc(-c2cc([C@H]3C[C@@H]3c3ccncc3F)c3nccn3n2)c(=O)[nH]1. The van der Waals surface area contributed by atoms with Crippen LogP contribution >= 0.6 is 0 Å². The van der Waals surface area contributed by atoms with Gasteiger partial charge in [-0.3, -0.25) is 14.8 Å². The van der Waals surface area contributed by atoms with Gasteiger partial charge >= 0.3 is 5.69 Å². The number of H-pyrrole nitrogens is 2. The number of fused-ring (bicyclic) bond motifs is 1. The van der Waals surface area contributed by atoms with Gasteiger partial charge in [0, 0.05) is 30.4 Å². The number of hydrogen-bond acceptors (Lipinski definition) is 5. The Kier molecular flexibility index (Phi) is 3.30. The first-order valence-corrected chi connectivity index (χ1v) is 8.38. The molecule has 2 atom stereocenters. The van der Waals surface area contributed by atoms with Crippen LogP contribution in [0, 0.1) is 5.82 Å². The molecule has 4 aromatic heterocycles. The molecule has 0 unspecified atom stereocenters. The molecule has 27 heavy (non-hydrogen) atoms. The molecule has 0 bridgehead atoms. The summed E-state index contributed by atoms with van der Waals surface area (Å²) >= 11 is 0. The van der Waals surface area contributed by atoms with Crippen molar-refractivity contribution >= 4 is 5.65 Å². The van der Waals surface area contributed by atoms with E-state index in [0.717, 1.165) is 12.0 Å². The molecule has 0 spiro atoms. The Morgan fingerprint density at radius 1 is 1.19 bits per heavy atom. The highest BCUT2D eigenvalue weighted by Crippen LogP contribution is 2.56. The van der Waals surface area contributed by atoms with Crippen molar-refractivity contribution in [1.29, 1.82) is 0 Å². The molecule has 1 aliphatic carbocycles. The van der Waals surface area contributed by atoms with Gasteiger partial charge in [0.1, 0.15) is 5.82 Å². The van der Waals surface area contributed by atoms with Crippen LogP contribution in [0.15, 0.2) is 52.7 Å². The number of imidazole rings is 1. The molecule has 2 N–H and O–H groups in total. The lowest BCUT2D eigenvalue weighted by molar-refractivity contribution is 0.603. The third kappa shape index (κ3) is 2.55. The van der Waals surface area contributed by atoms with Crippen LogP contribution in [0.2, 0.25) is 0 Å². The van der Waals surface area contributed by atoms with E-state index in [0.29, 0.717) is 16.9 Å². The van der Waals surface area contributed by atoms with Gasteiger partial charge in [-0.05, 0) is 36.0 Å². The highest BCUT2D eigenvalue weighted by atomic mass is 19.1. The fourth-order valence-electron chi connectivity index (χ4n) is 3.51. The van der Waals surface area contributed by atoms with Crippen LogP contribution in [0.4, 0.5) is 4.39 Å². The number of nitrogens with zero attached hydrogens (tertiary/aromatic N) is 4. The Balaban J connectivity index is 1.63. The zero-order valence-corrected chi connectivity index (χ0v) is 13.9. The lowest BCUT2D eigenvalue weighted by Gasteiger charge is -2.07. The molecule has 9 heteroatoms. The maximum Gasteiger partial charge on any atom is 0.325 e. The highest BCUT2D eigenvalue weighted by molar-refractivity contribution is 5.63. The van der Waals surface area contributed by atoms with Crippen LogP contribution in [0.3, 0.4) is 0 Å². The molecule has 4 heterocycles. The Labute approximate surface area is 150 Å². The highest BCUT2D eigenvalue weighted by Gasteiger charge is 2.42. The summed E-state index contributed by atoms with van der Waals surface area (Å²) in [5.41, 5.74) is 1.73. The molecule has 0 amide bonds. The average Bonchev–Trinajstić information content (AvgIpc) is 3.29. The van der Waals surface area contributed by atoms with Crippen molar-refractivity contribution in [2.75, 3.05) is 0 Å². The van der Waals surface area contributed by atoms with E-state index >= 15 is 0 Å². The molecule has 4 aromatic rings. The minimum Gasteiger partial charge on any atom is -0.313 e. The predicted octanol–water partition coefficient (Wildman–Crippen LogP) is 1.58. The number of nitrogens with one attached hydrogen (secondary N) is 2. The molecule has 0 aliphatic heterocycles. The van der Waals surface area contributed by atoms with Crippen molar-refractivity contribution in [3.8, 4) is 11.3 Å². The number of aromatic amines is 2. The van der Waals surface area contributed by atoms with E-state index in [2.05, 4.69) is 25.0 Å². The van der Waals surface area contributed by atoms with E-state index in [9.17, 15) is 14.0 Å². The lowest BCUT2D eigenvalue weighted by Crippen LogP contribution is -2.23. The van der Waals surface area contributed by atoms with Crippen molar-refractivity contribution in [2.24, 2.45) is 0 Å². The summed E-state index contributed by atoms with van der Waals surface area (Å²) in [4.78, 5) is 36.2. The summed E-state index contributed by atoms with van der Waals surface area (Å²) < 4.78 is 15.7. The largest absolute Gasteiger partial charge is 0.325 e. The van der Waals surface area contributed by atoms with Gasteiger partial charge in [0.25, 0.3) is 5.56 Å². The molecule has 8 nitrogen and oxygen atoms in total. The van der Waals surface area contributed by atoms with Gasteiger partial charge in [-0.2, -0.15) is 5.10 Å². The summed E-state index contributed by atoms with van der Waals surface area (Å²) in [5.74, 6) is -0.233. The van der Waals surface area contributed by atoms with Gasteiger partial charge in [0.2, 0.25) is 0 Å². The maximum atomic E-state index is 14.1. The number of aromatic nitrogens is 6. The number of halogens is 1. The van der Waals surface area contributed by atoms with Crippen molar-refractivity contribution in [3.05, 3.63) is 80.9 Å². The van der Waals surface area contributed by atoms with E-state index in [1.807, 2.05) is 0 Å². The monoisotopic (exact) mass is 364 g/mol. The van der Waals surface area contributed by atoms with Gasteiger partial charge < -0.3 is 4.98 Å². The second-order valence-electron chi connectivity index (χ2n) is 6.51. The van der Waals surface area contributed by atoms with Gasteiger partial charge in [-0.15, -0.1) is 0 Å². The van der Waals surface area contributed by atoms with E-state index in [1.54, 1.807) is 35.2 Å². The van der Waals surface area contributed by atoms with Gasteiger partial charge in [-0.1, -0.05) is 0 Å². The zero-order valence-electron chi connectivity index (χ0n) is 13.9. The van der Waals surface area contributed by atoms with E-state index < -0.39 is 11.2 Å². The van der Waals surface area contributed by atoms with Crippen LogP contribution in [-0.4, -0.2) is 29.5 Å². The van der Waals surface area contributed by atoms with Crippen molar-refractivity contribution < 1.29 is 4.39 Å². The second-order valence-corrected chi connectivity index (χ2v) is 6.51. The quantitative estimate of drug-likeness (QED) is 0.574. The number of pyridine rings is 1. The molecule has 1 saturated carbocycles. The first kappa shape index (κ1) is 15.6. The third-order valence-electron chi connectivity index (χ3n) is 4.88. The molecular formula is C18H13FN6O2. The van der Waals surface area contributed by atoms with Crippen LogP contribution < -0.4 is 11.2 Å². The summed E-state index contributed by atoms with van der Waals surface area (Å²) in [5, 5.41) is 4.41. The minimum absolute atomic E-state index is 0.0256. The molecule has 1 fully saturated rings. The van der Waals surface area contributed by atoms with Crippen LogP contribution in [0.1, 0.15) is 29.4 Å². The molecule has 5 rings (SSSR count). The lowest BCUT2D eigenvalue weighted by atomic mass is 10.0. The smallest absolute Gasteiger partial charge is 0.313 e. The van der Waals surface area contributed by atoms with E-state index in [4.69, 9.17) is 0 Å². The minimum atomic E-state index is -0.580. The van der Waals surface area contributed by atoms with Crippen LogP contribution in [0.25, 0.3) is 16.9 Å². The fourth-order valence-corrected chi connectivity index (χ4v) is 3.51. The molecule has 134 valence electrons. The average molecular weight is 364 g/mol. The zero-order chi connectivity index (χ0) is 18.5. The summed E-state index contributed by atoms with van der Waals surface area (Å²) in [7, 11) is 0. The Morgan fingerprint density at radius 2 is 2.04 bits per heavy atom. The number of rotatable bonds is 3. The van der Waals surface area contributed by atoms with Crippen molar-refractivity contribution in [3.63, 3.8) is 0 Å². The predicted molar refractivity (Wildman–Crippen MR) is 94.0 cm³/mol. The maximum absolute atomic E-state index is 14.1. The topological polar surface area (TPSA) is 109 Å². The van der Waals surface area contributed by atoms with Crippen LogP contribution in [0.5, 0.6) is 0 Å². The summed E-state index contributed by atoms with van der Waals surface area (Å²) in [6, 6.07) is 3.48. The Morgan fingerprint density at radius 3 is 2.85 bits per heavy atom. The summed E-state index contributed by atoms with van der Waals surface area (Å²) in [6.45, 7) is 0. The Bertz CT molecular complexity index is 1290. The molecular weight excluding hydrogens is 351 g/mol. The third-order valence-corrected chi connectivity index (χ3v) is 4.88. The second kappa shape index (κ2) is 5.70. The Hall–Kier alpha value is -3.62.